The Bertz CT molecular complexity index is 1000. The lowest BCUT2D eigenvalue weighted by molar-refractivity contribution is 0.0952. The number of aromatic amines is 1. The van der Waals surface area contributed by atoms with Crippen LogP contribution in [0.5, 0.6) is 0 Å². The van der Waals surface area contributed by atoms with Crippen LogP contribution in [-0.4, -0.2) is 27.0 Å². The van der Waals surface area contributed by atoms with Gasteiger partial charge < -0.3 is 14.9 Å². The maximum atomic E-state index is 12.1. The van der Waals surface area contributed by atoms with Crippen LogP contribution in [0, 0.1) is 16.0 Å². The van der Waals surface area contributed by atoms with Crippen LogP contribution in [0.3, 0.4) is 0 Å². The van der Waals surface area contributed by atoms with Gasteiger partial charge in [0.15, 0.2) is 0 Å². The van der Waals surface area contributed by atoms with Crippen molar-refractivity contribution in [2.45, 2.75) is 6.54 Å². The summed E-state index contributed by atoms with van der Waals surface area (Å²) in [5, 5.41) is 12.4. The van der Waals surface area contributed by atoms with Crippen molar-refractivity contribution in [1.29, 1.82) is 5.26 Å². The molecule has 2 aromatic heterocycles. The van der Waals surface area contributed by atoms with E-state index in [0.717, 1.165) is 0 Å². The number of benzene rings is 1. The molecule has 0 radical (unpaired) electrons. The highest BCUT2D eigenvalue weighted by Gasteiger charge is 2.18. The van der Waals surface area contributed by atoms with E-state index in [4.69, 9.17) is 23.8 Å². The van der Waals surface area contributed by atoms with Gasteiger partial charge in [-0.15, -0.1) is 0 Å². The molecule has 120 valence electrons. The van der Waals surface area contributed by atoms with Crippen LogP contribution < -0.4 is 5.32 Å². The summed E-state index contributed by atoms with van der Waals surface area (Å²) in [7, 11) is 0. The minimum Gasteiger partial charge on any atom is -0.350 e. The third-order valence-corrected chi connectivity index (χ3v) is 4.25. The van der Waals surface area contributed by atoms with E-state index in [1.165, 1.54) is 6.33 Å². The number of carbonyl (C=O) groups is 1. The third-order valence-electron chi connectivity index (χ3n) is 3.55. The van der Waals surface area contributed by atoms with Gasteiger partial charge in [0.25, 0.3) is 5.91 Å². The average molecular weight is 358 g/mol. The van der Waals surface area contributed by atoms with Gasteiger partial charge in [-0.05, 0) is 12.1 Å². The molecule has 3 aromatic rings. The molecule has 2 heterocycles. The maximum Gasteiger partial charge on any atom is 0.251 e. The Labute approximate surface area is 147 Å². The van der Waals surface area contributed by atoms with Crippen molar-refractivity contribution in [1.82, 2.24) is 19.9 Å². The summed E-state index contributed by atoms with van der Waals surface area (Å²) >= 11 is 11.6. The number of H-pyrrole nitrogens is 1. The van der Waals surface area contributed by atoms with Crippen molar-refractivity contribution in [2.75, 3.05) is 6.54 Å². The lowest BCUT2D eigenvalue weighted by atomic mass is 10.2. The summed E-state index contributed by atoms with van der Waals surface area (Å²) in [6, 6.07) is 11.0. The third kappa shape index (κ3) is 2.89. The van der Waals surface area contributed by atoms with E-state index in [1.807, 2.05) is 12.1 Å². The minimum absolute atomic E-state index is 0.174. The molecule has 6 nitrogen and oxygen atoms in total. The topological polar surface area (TPSA) is 86.5 Å². The van der Waals surface area contributed by atoms with Crippen molar-refractivity contribution in [3.05, 3.63) is 57.6 Å². The van der Waals surface area contributed by atoms with Crippen LogP contribution in [0.25, 0.3) is 11.0 Å². The second-order valence-corrected chi connectivity index (χ2v) is 5.75. The standard InChI is InChI=1S/C16H12ClN5OS/c17-14-11(8-18)12-13(16(24)21-9-20-12)22(14)7-6-19-15(23)10-4-2-1-3-5-10/h1-5,9H,6-7H2,(H,19,23)(H,20,21,24). The first kappa shape index (κ1) is 16.2. The Morgan fingerprint density at radius 3 is 2.88 bits per heavy atom. The van der Waals surface area contributed by atoms with Crippen molar-refractivity contribution < 1.29 is 4.79 Å². The van der Waals surface area contributed by atoms with E-state index in [0.29, 0.717) is 34.3 Å². The van der Waals surface area contributed by atoms with Crippen LogP contribution in [0.2, 0.25) is 5.15 Å². The summed E-state index contributed by atoms with van der Waals surface area (Å²) in [6.45, 7) is 0.713. The fourth-order valence-corrected chi connectivity index (χ4v) is 3.00. The molecule has 2 N–H and O–H groups in total. The van der Waals surface area contributed by atoms with Crippen molar-refractivity contribution in [3.63, 3.8) is 0 Å². The van der Waals surface area contributed by atoms with E-state index >= 15 is 0 Å². The number of hydrogen-bond acceptors (Lipinski definition) is 4. The van der Waals surface area contributed by atoms with Crippen LogP contribution in [0.4, 0.5) is 0 Å². The van der Waals surface area contributed by atoms with E-state index in [1.54, 1.807) is 28.8 Å². The van der Waals surface area contributed by atoms with E-state index in [-0.39, 0.29) is 16.6 Å². The molecule has 0 saturated carbocycles. The minimum atomic E-state index is -0.174. The molecular formula is C16H12ClN5OS. The number of nitriles is 1. The van der Waals surface area contributed by atoms with Crippen LogP contribution >= 0.6 is 23.8 Å². The highest BCUT2D eigenvalue weighted by Crippen LogP contribution is 2.27. The Hall–Kier alpha value is -2.69. The number of nitrogens with zero attached hydrogens (tertiary/aromatic N) is 3. The summed E-state index contributed by atoms with van der Waals surface area (Å²) in [5.74, 6) is -0.174. The number of fused-ring (bicyclic) bond motifs is 1. The molecule has 1 aromatic carbocycles. The Kier molecular flexibility index (Phi) is 4.60. The van der Waals surface area contributed by atoms with Gasteiger partial charge in [-0.3, -0.25) is 4.79 Å². The fraction of sp³-hybridized carbons (Fsp3) is 0.125. The van der Waals surface area contributed by atoms with Crippen molar-refractivity contribution in [3.8, 4) is 6.07 Å². The molecule has 0 spiro atoms. The molecule has 0 unspecified atom stereocenters. The number of rotatable bonds is 4. The summed E-state index contributed by atoms with van der Waals surface area (Å²) in [6.07, 6.45) is 1.43. The molecule has 0 saturated heterocycles. The molecule has 0 bridgehead atoms. The lowest BCUT2D eigenvalue weighted by Crippen LogP contribution is -2.27. The Morgan fingerprint density at radius 2 is 2.17 bits per heavy atom. The molecule has 8 heteroatoms. The smallest absolute Gasteiger partial charge is 0.251 e. The number of hydrogen-bond donors (Lipinski definition) is 2. The zero-order valence-corrected chi connectivity index (χ0v) is 14.0. The lowest BCUT2D eigenvalue weighted by Gasteiger charge is -2.08. The molecule has 1 amide bonds. The molecule has 0 aliphatic carbocycles. The second-order valence-electron chi connectivity index (χ2n) is 4.98. The second kappa shape index (κ2) is 6.83. The zero-order valence-electron chi connectivity index (χ0n) is 12.4. The predicted molar refractivity (Wildman–Crippen MR) is 93.4 cm³/mol. The Morgan fingerprint density at radius 1 is 1.42 bits per heavy atom. The average Bonchev–Trinajstić information content (AvgIpc) is 2.88. The first-order chi connectivity index (χ1) is 11.6. The summed E-state index contributed by atoms with van der Waals surface area (Å²) in [4.78, 5) is 19.0. The number of halogens is 1. The molecule has 0 aliphatic rings. The van der Waals surface area contributed by atoms with E-state index < -0.39 is 0 Å². The molecule has 0 atom stereocenters. The van der Waals surface area contributed by atoms with E-state index in [2.05, 4.69) is 15.3 Å². The van der Waals surface area contributed by atoms with Gasteiger partial charge in [-0.2, -0.15) is 5.26 Å². The van der Waals surface area contributed by atoms with Gasteiger partial charge in [0.1, 0.15) is 32.5 Å². The number of nitrogens with one attached hydrogen (secondary N) is 2. The largest absolute Gasteiger partial charge is 0.350 e. The summed E-state index contributed by atoms with van der Waals surface area (Å²) < 4.78 is 2.13. The van der Waals surface area contributed by atoms with Gasteiger partial charge in [-0.25, -0.2) is 4.98 Å². The van der Waals surface area contributed by atoms with Gasteiger partial charge >= 0.3 is 0 Å². The van der Waals surface area contributed by atoms with Gasteiger partial charge in [0, 0.05) is 18.7 Å². The number of amides is 1. The number of aromatic nitrogens is 3. The van der Waals surface area contributed by atoms with Crippen molar-refractivity contribution >= 4 is 40.8 Å². The first-order valence-electron chi connectivity index (χ1n) is 7.12. The summed E-state index contributed by atoms with van der Waals surface area (Å²) in [5.41, 5.74) is 1.91. The quantitative estimate of drug-likeness (QED) is 0.702. The van der Waals surface area contributed by atoms with E-state index in [9.17, 15) is 10.1 Å². The van der Waals surface area contributed by atoms with Crippen LogP contribution in [0.1, 0.15) is 15.9 Å². The molecule has 0 fully saturated rings. The molecule has 3 rings (SSSR count). The molecule has 24 heavy (non-hydrogen) atoms. The van der Waals surface area contributed by atoms with Crippen LogP contribution in [-0.2, 0) is 6.54 Å². The first-order valence-corrected chi connectivity index (χ1v) is 7.91. The van der Waals surface area contributed by atoms with Crippen LogP contribution in [0.15, 0.2) is 36.7 Å². The molecule has 0 aliphatic heterocycles. The van der Waals surface area contributed by atoms with Gasteiger partial charge in [-0.1, -0.05) is 42.0 Å². The highest BCUT2D eigenvalue weighted by molar-refractivity contribution is 7.71. The molecular weight excluding hydrogens is 346 g/mol. The van der Waals surface area contributed by atoms with Gasteiger partial charge in [0.2, 0.25) is 0 Å². The maximum absolute atomic E-state index is 12.1. The number of carbonyl (C=O) groups excluding carboxylic acids is 1. The highest BCUT2D eigenvalue weighted by atomic mass is 35.5. The Balaban J connectivity index is 1.84. The SMILES string of the molecule is N#Cc1c(Cl)n(CCNC(=O)c2ccccc2)c2c(=S)[nH]cnc12. The normalized spacial score (nSPS) is 10.5. The van der Waals surface area contributed by atoms with Gasteiger partial charge in [0.05, 0.1) is 6.33 Å². The zero-order chi connectivity index (χ0) is 17.1. The van der Waals surface area contributed by atoms with Crippen molar-refractivity contribution in [2.24, 2.45) is 0 Å². The predicted octanol–water partition coefficient (Wildman–Crippen LogP) is 3.05. The fourth-order valence-electron chi connectivity index (χ4n) is 2.44. The monoisotopic (exact) mass is 357 g/mol.